The van der Waals surface area contributed by atoms with Gasteiger partial charge in [-0.3, -0.25) is 0 Å². The molecule has 0 atom stereocenters. The Balaban J connectivity index is 2.64. The van der Waals surface area contributed by atoms with Crippen LogP contribution in [0.1, 0.15) is 0 Å². The number of halogens is 2. The number of rotatable bonds is 2. The number of ether oxygens (including phenoxy) is 1. The smallest absolute Gasteiger partial charge is 0.172 e. The van der Waals surface area contributed by atoms with Crippen molar-refractivity contribution in [2.45, 2.75) is 0 Å². The van der Waals surface area contributed by atoms with Gasteiger partial charge in [-0.2, -0.15) is 0 Å². The van der Waals surface area contributed by atoms with Gasteiger partial charge in [-0.05, 0) is 24.3 Å². The molecule has 1 N–H and O–H groups in total. The molecule has 88 valence electrons. The number of aromatic hydroxyl groups is 1. The molecule has 2 aromatic rings. The summed E-state index contributed by atoms with van der Waals surface area (Å²) in [5.41, 5.74) is 0.596. The fraction of sp³-hybridized carbons (Fsp3) is 0.0769. The van der Waals surface area contributed by atoms with Crippen molar-refractivity contribution in [2.75, 3.05) is 7.11 Å². The summed E-state index contributed by atoms with van der Waals surface area (Å²) in [4.78, 5) is 0. The Hall–Kier alpha value is -1.74. The Kier molecular flexibility index (Phi) is 3.20. The van der Waals surface area contributed by atoms with Crippen LogP contribution in [0.5, 0.6) is 11.5 Å². The van der Waals surface area contributed by atoms with E-state index in [0.29, 0.717) is 10.6 Å². The van der Waals surface area contributed by atoms with Crippen LogP contribution < -0.4 is 4.74 Å². The van der Waals surface area contributed by atoms with E-state index in [1.807, 2.05) is 0 Å². The number of phenolic OH excluding ortho intramolecular Hbond substituents is 1. The Labute approximate surface area is 103 Å². The first-order chi connectivity index (χ1) is 8.13. The van der Waals surface area contributed by atoms with Gasteiger partial charge < -0.3 is 9.84 Å². The molecule has 17 heavy (non-hydrogen) atoms. The first kappa shape index (κ1) is 11.7. The van der Waals surface area contributed by atoms with Crippen molar-refractivity contribution in [3.05, 3.63) is 47.2 Å². The monoisotopic (exact) mass is 252 g/mol. The first-order valence-electron chi connectivity index (χ1n) is 4.95. The topological polar surface area (TPSA) is 29.5 Å². The Morgan fingerprint density at radius 3 is 2.65 bits per heavy atom. The second kappa shape index (κ2) is 4.63. The third kappa shape index (κ3) is 2.19. The molecule has 2 nitrogen and oxygen atoms in total. The highest BCUT2D eigenvalue weighted by Gasteiger charge is 2.13. The largest absolute Gasteiger partial charge is 0.507 e. The van der Waals surface area contributed by atoms with Crippen molar-refractivity contribution in [3.63, 3.8) is 0 Å². The van der Waals surface area contributed by atoms with Gasteiger partial charge in [0.2, 0.25) is 0 Å². The number of hydrogen-bond donors (Lipinski definition) is 1. The summed E-state index contributed by atoms with van der Waals surface area (Å²) in [7, 11) is 1.39. The van der Waals surface area contributed by atoms with Gasteiger partial charge in [0.05, 0.1) is 7.11 Å². The Bertz CT molecular complexity index is 555. The van der Waals surface area contributed by atoms with Crippen molar-refractivity contribution >= 4 is 11.6 Å². The molecule has 0 saturated heterocycles. The third-order valence-corrected chi connectivity index (χ3v) is 2.67. The normalized spacial score (nSPS) is 10.3. The predicted octanol–water partition coefficient (Wildman–Crippen LogP) is 3.86. The molecule has 2 aromatic carbocycles. The maximum absolute atomic E-state index is 14.0. The average Bonchev–Trinajstić information content (AvgIpc) is 2.33. The molecule has 0 aliphatic rings. The van der Waals surface area contributed by atoms with E-state index in [-0.39, 0.29) is 17.1 Å². The summed E-state index contributed by atoms with van der Waals surface area (Å²) in [5.74, 6) is -0.420. The fourth-order valence-electron chi connectivity index (χ4n) is 1.60. The Morgan fingerprint density at radius 1 is 1.18 bits per heavy atom. The quantitative estimate of drug-likeness (QED) is 0.879. The predicted molar refractivity (Wildman–Crippen MR) is 65.1 cm³/mol. The maximum atomic E-state index is 14.0. The van der Waals surface area contributed by atoms with Gasteiger partial charge in [0.1, 0.15) is 5.75 Å². The van der Waals surface area contributed by atoms with E-state index in [4.69, 9.17) is 16.3 Å². The van der Waals surface area contributed by atoms with Gasteiger partial charge in [-0.1, -0.05) is 23.7 Å². The minimum absolute atomic E-state index is 0.0263. The highest BCUT2D eigenvalue weighted by Crippen LogP contribution is 2.35. The van der Waals surface area contributed by atoms with Gasteiger partial charge in [0.25, 0.3) is 0 Å². The molecule has 0 aliphatic heterocycles. The van der Waals surface area contributed by atoms with Gasteiger partial charge in [0.15, 0.2) is 11.6 Å². The Morgan fingerprint density at radius 2 is 1.94 bits per heavy atom. The van der Waals surface area contributed by atoms with Gasteiger partial charge in [-0.25, -0.2) is 4.39 Å². The van der Waals surface area contributed by atoms with Gasteiger partial charge in [-0.15, -0.1) is 0 Å². The van der Waals surface area contributed by atoms with Crippen molar-refractivity contribution in [2.24, 2.45) is 0 Å². The van der Waals surface area contributed by atoms with Crippen LogP contribution in [-0.4, -0.2) is 12.2 Å². The maximum Gasteiger partial charge on any atom is 0.172 e. The highest BCUT2D eigenvalue weighted by atomic mass is 35.5. The van der Waals surface area contributed by atoms with Crippen LogP contribution in [0.2, 0.25) is 5.02 Å². The summed E-state index contributed by atoms with van der Waals surface area (Å²) in [6, 6.07) is 9.20. The van der Waals surface area contributed by atoms with Crippen LogP contribution in [0, 0.1) is 5.82 Å². The van der Waals surface area contributed by atoms with Crippen LogP contribution in [0.15, 0.2) is 36.4 Å². The zero-order chi connectivity index (χ0) is 12.4. The standard InChI is InChI=1S/C13H10ClFO2/c1-17-12-4-2-3-9(13(12)15)10-7-8(14)5-6-11(10)16/h2-7,16H,1H3. The molecular formula is C13H10ClFO2. The zero-order valence-corrected chi connectivity index (χ0v) is 9.83. The molecule has 2 rings (SSSR count). The summed E-state index contributed by atoms with van der Waals surface area (Å²) < 4.78 is 18.9. The second-order valence-corrected chi connectivity index (χ2v) is 3.92. The van der Waals surface area contributed by atoms with E-state index in [9.17, 15) is 9.50 Å². The van der Waals surface area contributed by atoms with E-state index >= 15 is 0 Å². The number of phenols is 1. The fourth-order valence-corrected chi connectivity index (χ4v) is 1.77. The van der Waals surface area contributed by atoms with E-state index < -0.39 is 5.82 Å². The lowest BCUT2D eigenvalue weighted by atomic mass is 10.0. The minimum atomic E-state index is -0.521. The lowest BCUT2D eigenvalue weighted by molar-refractivity contribution is 0.387. The first-order valence-corrected chi connectivity index (χ1v) is 5.32. The zero-order valence-electron chi connectivity index (χ0n) is 9.08. The molecule has 0 saturated carbocycles. The summed E-state index contributed by atoms with van der Waals surface area (Å²) in [6.07, 6.45) is 0. The number of benzene rings is 2. The van der Waals surface area contributed by atoms with Crippen LogP contribution in [-0.2, 0) is 0 Å². The summed E-state index contributed by atoms with van der Waals surface area (Å²) in [5, 5.41) is 10.1. The number of methoxy groups -OCH3 is 1. The summed E-state index contributed by atoms with van der Waals surface area (Å²) in [6.45, 7) is 0. The molecule has 0 heterocycles. The molecule has 0 unspecified atom stereocenters. The van der Waals surface area contributed by atoms with Gasteiger partial charge >= 0.3 is 0 Å². The van der Waals surface area contributed by atoms with E-state index in [0.717, 1.165) is 0 Å². The van der Waals surface area contributed by atoms with Crippen molar-refractivity contribution in [1.82, 2.24) is 0 Å². The lowest BCUT2D eigenvalue weighted by Gasteiger charge is -2.09. The molecule has 0 fully saturated rings. The van der Waals surface area contributed by atoms with E-state index in [1.165, 1.54) is 25.3 Å². The van der Waals surface area contributed by atoms with Crippen LogP contribution in [0.25, 0.3) is 11.1 Å². The molecule has 0 radical (unpaired) electrons. The second-order valence-electron chi connectivity index (χ2n) is 3.48. The minimum Gasteiger partial charge on any atom is -0.507 e. The number of hydrogen-bond acceptors (Lipinski definition) is 2. The van der Waals surface area contributed by atoms with Crippen molar-refractivity contribution < 1.29 is 14.2 Å². The van der Waals surface area contributed by atoms with Crippen molar-refractivity contribution in [1.29, 1.82) is 0 Å². The molecule has 0 aliphatic carbocycles. The van der Waals surface area contributed by atoms with Gasteiger partial charge in [0, 0.05) is 16.1 Å². The SMILES string of the molecule is COc1cccc(-c2cc(Cl)ccc2O)c1F. The third-order valence-electron chi connectivity index (χ3n) is 2.43. The van der Waals surface area contributed by atoms with Crippen LogP contribution in [0.4, 0.5) is 4.39 Å². The molecule has 0 aromatic heterocycles. The summed E-state index contributed by atoms with van der Waals surface area (Å²) >= 11 is 5.83. The lowest BCUT2D eigenvalue weighted by Crippen LogP contribution is -1.91. The molecule has 4 heteroatoms. The molecular weight excluding hydrogens is 243 g/mol. The van der Waals surface area contributed by atoms with E-state index in [1.54, 1.807) is 18.2 Å². The van der Waals surface area contributed by atoms with Crippen LogP contribution >= 0.6 is 11.6 Å². The van der Waals surface area contributed by atoms with Crippen LogP contribution in [0.3, 0.4) is 0 Å². The molecule has 0 spiro atoms. The molecule has 0 amide bonds. The molecule has 0 bridgehead atoms. The van der Waals surface area contributed by atoms with E-state index in [2.05, 4.69) is 0 Å². The van der Waals surface area contributed by atoms with Crippen molar-refractivity contribution in [3.8, 4) is 22.6 Å². The average molecular weight is 253 g/mol. The highest BCUT2D eigenvalue weighted by molar-refractivity contribution is 6.31.